The maximum absolute atomic E-state index is 11.6. The molecule has 1 unspecified atom stereocenters. The van der Waals surface area contributed by atoms with E-state index in [-0.39, 0.29) is 6.04 Å². The summed E-state index contributed by atoms with van der Waals surface area (Å²) in [6.45, 7) is 5.81. The number of carbonyl (C=O) groups excluding carboxylic acids is 1. The molecule has 1 rings (SSSR count). The van der Waals surface area contributed by atoms with E-state index in [2.05, 4.69) is 21.2 Å². The van der Waals surface area contributed by atoms with Crippen molar-refractivity contribution >= 4 is 33.4 Å². The van der Waals surface area contributed by atoms with Crippen molar-refractivity contribution in [3.05, 3.63) is 20.8 Å². The number of thiophene rings is 1. The van der Waals surface area contributed by atoms with Crippen molar-refractivity contribution in [1.82, 2.24) is 5.32 Å². The normalized spacial score (nSPS) is 13.2. The number of hydrogen-bond donors (Lipinski definition) is 2. The first-order chi connectivity index (χ1) is 7.81. The first kappa shape index (κ1) is 14.5. The van der Waals surface area contributed by atoms with Crippen LogP contribution in [0.5, 0.6) is 0 Å². The van der Waals surface area contributed by atoms with Gasteiger partial charge in [-0.15, -0.1) is 11.3 Å². The molecule has 0 fully saturated rings. The minimum Gasteiger partial charge on any atom is -0.444 e. The van der Waals surface area contributed by atoms with Crippen LogP contribution in [0.1, 0.15) is 31.7 Å². The zero-order chi connectivity index (χ0) is 13.1. The van der Waals surface area contributed by atoms with Gasteiger partial charge in [-0.2, -0.15) is 0 Å². The van der Waals surface area contributed by atoms with Crippen LogP contribution < -0.4 is 11.1 Å². The Bertz CT molecular complexity index is 387. The van der Waals surface area contributed by atoms with E-state index in [0.29, 0.717) is 6.54 Å². The number of amides is 1. The van der Waals surface area contributed by atoms with Crippen molar-refractivity contribution in [3.8, 4) is 0 Å². The summed E-state index contributed by atoms with van der Waals surface area (Å²) in [5, 5.41) is 2.76. The second-order valence-corrected chi connectivity index (χ2v) is 7.07. The van der Waals surface area contributed by atoms with Crippen molar-refractivity contribution in [2.45, 2.75) is 32.4 Å². The summed E-state index contributed by atoms with van der Waals surface area (Å²) in [7, 11) is 0. The highest BCUT2D eigenvalue weighted by atomic mass is 79.9. The molecule has 1 aromatic heterocycles. The van der Waals surface area contributed by atoms with Gasteiger partial charge in [-0.3, -0.25) is 0 Å². The maximum atomic E-state index is 11.6. The molecule has 1 heterocycles. The van der Waals surface area contributed by atoms with Gasteiger partial charge < -0.3 is 15.8 Å². The van der Waals surface area contributed by atoms with Crippen molar-refractivity contribution in [2.75, 3.05) is 6.54 Å². The number of carbonyl (C=O) groups is 1. The molecule has 0 aromatic carbocycles. The topological polar surface area (TPSA) is 64.3 Å². The van der Waals surface area contributed by atoms with Gasteiger partial charge in [-0.1, -0.05) is 0 Å². The summed E-state index contributed by atoms with van der Waals surface area (Å²) in [4.78, 5) is 12.6. The number of ether oxygens (including phenoxy) is 1. The highest BCUT2D eigenvalue weighted by Gasteiger charge is 2.20. The van der Waals surface area contributed by atoms with Crippen LogP contribution in [0.15, 0.2) is 15.9 Å². The van der Waals surface area contributed by atoms with E-state index in [1.54, 1.807) is 11.3 Å². The van der Waals surface area contributed by atoms with E-state index in [1.165, 1.54) is 0 Å². The quantitative estimate of drug-likeness (QED) is 0.899. The summed E-state index contributed by atoms with van der Waals surface area (Å²) in [5.74, 6) is 0. The standard InChI is InChI=1S/C11H17BrN2O2S/c1-11(2,3)16-10(15)14-7(6-13)8-4-5-9(12)17-8/h4-5,7H,6,13H2,1-3H3,(H,14,15). The Balaban J connectivity index is 2.62. The Morgan fingerprint density at radius 1 is 1.59 bits per heavy atom. The molecule has 0 aliphatic rings. The lowest BCUT2D eigenvalue weighted by atomic mass is 10.2. The zero-order valence-electron chi connectivity index (χ0n) is 10.1. The smallest absolute Gasteiger partial charge is 0.408 e. The van der Waals surface area contributed by atoms with Gasteiger partial charge in [0.2, 0.25) is 0 Å². The highest BCUT2D eigenvalue weighted by molar-refractivity contribution is 9.11. The summed E-state index contributed by atoms with van der Waals surface area (Å²) in [5.41, 5.74) is 5.15. The minimum absolute atomic E-state index is 0.207. The Kier molecular flexibility index (Phi) is 4.97. The van der Waals surface area contributed by atoms with Crippen molar-refractivity contribution in [2.24, 2.45) is 5.73 Å². The maximum Gasteiger partial charge on any atom is 0.408 e. The number of alkyl carbamates (subject to hydrolysis) is 1. The molecule has 1 atom stereocenters. The monoisotopic (exact) mass is 320 g/mol. The van der Waals surface area contributed by atoms with Crippen LogP contribution in [0.4, 0.5) is 4.79 Å². The molecule has 0 aliphatic carbocycles. The Labute approximate surface area is 114 Å². The van der Waals surface area contributed by atoms with Crippen LogP contribution in [0.2, 0.25) is 0 Å². The number of nitrogens with two attached hydrogens (primary N) is 1. The van der Waals surface area contributed by atoms with Crippen LogP contribution in [0.25, 0.3) is 0 Å². The lowest BCUT2D eigenvalue weighted by Crippen LogP contribution is -2.37. The van der Waals surface area contributed by atoms with Gasteiger partial charge in [0.1, 0.15) is 5.60 Å². The molecule has 0 saturated heterocycles. The Morgan fingerprint density at radius 3 is 2.65 bits per heavy atom. The summed E-state index contributed by atoms with van der Waals surface area (Å²) in [6.07, 6.45) is -0.447. The largest absolute Gasteiger partial charge is 0.444 e. The average molecular weight is 321 g/mol. The fraction of sp³-hybridized carbons (Fsp3) is 0.545. The molecular weight excluding hydrogens is 304 g/mol. The first-order valence-electron chi connectivity index (χ1n) is 5.26. The van der Waals surface area contributed by atoms with E-state index >= 15 is 0 Å². The highest BCUT2D eigenvalue weighted by Crippen LogP contribution is 2.27. The Hall–Kier alpha value is -0.590. The summed E-state index contributed by atoms with van der Waals surface area (Å²) in [6, 6.07) is 3.66. The van der Waals surface area contributed by atoms with Gasteiger partial charge in [0.25, 0.3) is 0 Å². The molecule has 0 radical (unpaired) electrons. The van der Waals surface area contributed by atoms with Crippen molar-refractivity contribution in [3.63, 3.8) is 0 Å². The molecule has 0 aliphatic heterocycles. The average Bonchev–Trinajstić information content (AvgIpc) is 2.58. The van der Waals surface area contributed by atoms with Crippen LogP contribution in [-0.4, -0.2) is 18.2 Å². The molecule has 1 aromatic rings. The molecule has 1 amide bonds. The van der Waals surface area contributed by atoms with Crippen LogP contribution in [0, 0.1) is 0 Å². The van der Waals surface area contributed by atoms with E-state index in [0.717, 1.165) is 8.66 Å². The lowest BCUT2D eigenvalue weighted by molar-refractivity contribution is 0.0506. The fourth-order valence-corrected chi connectivity index (χ4v) is 2.70. The fourth-order valence-electron chi connectivity index (χ4n) is 1.21. The van der Waals surface area contributed by atoms with E-state index in [1.807, 2.05) is 32.9 Å². The molecule has 17 heavy (non-hydrogen) atoms. The number of hydrogen-bond acceptors (Lipinski definition) is 4. The van der Waals surface area contributed by atoms with E-state index < -0.39 is 11.7 Å². The van der Waals surface area contributed by atoms with Gasteiger partial charge in [0, 0.05) is 11.4 Å². The molecule has 0 saturated carbocycles. The predicted molar refractivity (Wildman–Crippen MR) is 73.2 cm³/mol. The number of rotatable bonds is 3. The van der Waals surface area contributed by atoms with Crippen LogP contribution in [-0.2, 0) is 4.74 Å². The van der Waals surface area contributed by atoms with Crippen molar-refractivity contribution < 1.29 is 9.53 Å². The molecule has 0 spiro atoms. The lowest BCUT2D eigenvalue weighted by Gasteiger charge is -2.22. The van der Waals surface area contributed by atoms with Gasteiger partial charge >= 0.3 is 6.09 Å². The SMILES string of the molecule is CC(C)(C)OC(=O)NC(CN)c1ccc(Br)s1. The van der Waals surface area contributed by atoms with Gasteiger partial charge in [0.05, 0.1) is 9.83 Å². The van der Waals surface area contributed by atoms with Gasteiger partial charge in [0.15, 0.2) is 0 Å². The molecule has 4 nitrogen and oxygen atoms in total. The van der Waals surface area contributed by atoms with E-state index in [4.69, 9.17) is 10.5 Å². The predicted octanol–water partition coefficient (Wildman–Crippen LogP) is 3.04. The third kappa shape index (κ3) is 5.06. The molecule has 3 N–H and O–H groups in total. The van der Waals surface area contributed by atoms with Crippen molar-refractivity contribution in [1.29, 1.82) is 0 Å². The summed E-state index contributed by atoms with van der Waals surface area (Å²) >= 11 is 4.93. The van der Waals surface area contributed by atoms with Crippen LogP contribution in [0.3, 0.4) is 0 Å². The molecule has 96 valence electrons. The third-order valence-electron chi connectivity index (χ3n) is 1.86. The van der Waals surface area contributed by atoms with Gasteiger partial charge in [-0.05, 0) is 48.8 Å². The molecule has 6 heteroatoms. The number of nitrogens with one attached hydrogen (secondary N) is 1. The molecular formula is C11H17BrN2O2S. The summed E-state index contributed by atoms with van der Waals surface area (Å²) < 4.78 is 6.20. The second-order valence-electron chi connectivity index (χ2n) is 4.58. The van der Waals surface area contributed by atoms with E-state index in [9.17, 15) is 4.79 Å². The minimum atomic E-state index is -0.501. The zero-order valence-corrected chi connectivity index (χ0v) is 12.5. The van der Waals surface area contributed by atoms with Crippen LogP contribution >= 0.6 is 27.3 Å². The van der Waals surface area contributed by atoms with Gasteiger partial charge in [-0.25, -0.2) is 4.79 Å². The second kappa shape index (κ2) is 5.84. The Morgan fingerprint density at radius 2 is 2.24 bits per heavy atom. The first-order valence-corrected chi connectivity index (χ1v) is 6.87. The third-order valence-corrected chi connectivity index (χ3v) is 3.60. The molecule has 0 bridgehead atoms. The number of halogens is 1.